The van der Waals surface area contributed by atoms with Crippen LogP contribution in [-0.4, -0.2) is 31.8 Å². The van der Waals surface area contributed by atoms with Gasteiger partial charge in [0, 0.05) is 12.6 Å². The first-order valence-electron chi connectivity index (χ1n) is 6.54. The second-order valence-corrected chi connectivity index (χ2v) is 6.68. The summed E-state index contributed by atoms with van der Waals surface area (Å²) in [7, 11) is -4.44. The van der Waals surface area contributed by atoms with Gasteiger partial charge in [0.25, 0.3) is 5.91 Å². The summed E-state index contributed by atoms with van der Waals surface area (Å²) in [6.07, 6.45) is 2.50. The van der Waals surface area contributed by atoms with E-state index in [-0.39, 0.29) is 6.04 Å². The molecule has 1 unspecified atom stereocenters. The lowest BCUT2D eigenvalue weighted by Gasteiger charge is -2.33. The molecular weight excluding hydrogens is 302 g/mol. The fraction of sp³-hybridized carbons (Fsp3) is 0.462. The highest BCUT2D eigenvalue weighted by Crippen LogP contribution is 2.24. The van der Waals surface area contributed by atoms with Gasteiger partial charge in [-0.15, -0.1) is 0 Å². The standard InChI is InChI=1S/C13H16F2N2O3S/c1-8-4-2-3-5-17(8)13(18)10-6-9(14)7-11(12(10)15)21(16,19)20/h6-8H,2-5H2,1H3,(H2,16,19,20). The summed E-state index contributed by atoms with van der Waals surface area (Å²) < 4.78 is 50.2. The van der Waals surface area contributed by atoms with Gasteiger partial charge in [-0.1, -0.05) is 0 Å². The summed E-state index contributed by atoms with van der Waals surface area (Å²) >= 11 is 0. The molecule has 8 heteroatoms. The van der Waals surface area contributed by atoms with Crippen LogP contribution in [0.25, 0.3) is 0 Å². The van der Waals surface area contributed by atoms with Gasteiger partial charge in [-0.3, -0.25) is 4.79 Å². The van der Waals surface area contributed by atoms with Gasteiger partial charge in [0.2, 0.25) is 10.0 Å². The first kappa shape index (κ1) is 15.8. The molecule has 0 aliphatic carbocycles. The number of piperidine rings is 1. The van der Waals surface area contributed by atoms with Crippen LogP contribution in [0.3, 0.4) is 0 Å². The molecule has 116 valence electrons. The molecule has 1 aliphatic rings. The van der Waals surface area contributed by atoms with Gasteiger partial charge in [0.15, 0.2) is 5.82 Å². The number of carbonyl (C=O) groups is 1. The molecule has 1 amide bonds. The van der Waals surface area contributed by atoms with E-state index in [4.69, 9.17) is 5.14 Å². The van der Waals surface area contributed by atoms with E-state index in [1.165, 1.54) is 4.90 Å². The molecule has 1 fully saturated rings. The normalized spacial score (nSPS) is 19.6. The number of hydrogen-bond donors (Lipinski definition) is 1. The Labute approximate surface area is 121 Å². The van der Waals surface area contributed by atoms with Crippen molar-refractivity contribution in [2.24, 2.45) is 5.14 Å². The fourth-order valence-electron chi connectivity index (χ4n) is 2.48. The van der Waals surface area contributed by atoms with E-state index in [2.05, 4.69) is 0 Å². The summed E-state index contributed by atoms with van der Waals surface area (Å²) in [4.78, 5) is 12.8. The Balaban J connectivity index is 2.49. The lowest BCUT2D eigenvalue weighted by atomic mass is 10.0. The van der Waals surface area contributed by atoms with E-state index in [0.29, 0.717) is 18.7 Å². The number of nitrogens with zero attached hydrogens (tertiary/aromatic N) is 1. The van der Waals surface area contributed by atoms with Crippen molar-refractivity contribution in [2.45, 2.75) is 37.1 Å². The van der Waals surface area contributed by atoms with Crippen molar-refractivity contribution in [3.8, 4) is 0 Å². The number of halogens is 2. The molecule has 5 nitrogen and oxygen atoms in total. The van der Waals surface area contributed by atoms with Crippen molar-refractivity contribution < 1.29 is 22.0 Å². The van der Waals surface area contributed by atoms with E-state index in [0.717, 1.165) is 19.3 Å². The summed E-state index contributed by atoms with van der Waals surface area (Å²) in [5, 5.41) is 4.84. The number of sulfonamides is 1. The number of likely N-dealkylation sites (tertiary alicyclic amines) is 1. The third-order valence-corrected chi connectivity index (χ3v) is 4.51. The molecule has 21 heavy (non-hydrogen) atoms. The third-order valence-electron chi connectivity index (χ3n) is 3.60. The van der Waals surface area contributed by atoms with Crippen LogP contribution in [0.4, 0.5) is 8.78 Å². The number of carbonyl (C=O) groups excluding carboxylic acids is 1. The van der Waals surface area contributed by atoms with Crippen LogP contribution in [0.15, 0.2) is 17.0 Å². The molecule has 0 aromatic heterocycles. The van der Waals surface area contributed by atoms with Crippen molar-refractivity contribution >= 4 is 15.9 Å². The Kier molecular flexibility index (Phi) is 4.29. The molecule has 1 heterocycles. The summed E-state index contributed by atoms with van der Waals surface area (Å²) in [6.45, 7) is 2.25. The zero-order valence-electron chi connectivity index (χ0n) is 11.5. The average molecular weight is 318 g/mol. The average Bonchev–Trinajstić information content (AvgIpc) is 2.39. The maximum Gasteiger partial charge on any atom is 0.257 e. The molecule has 1 atom stereocenters. The highest BCUT2D eigenvalue weighted by atomic mass is 32.2. The quantitative estimate of drug-likeness (QED) is 0.900. The summed E-state index contributed by atoms with van der Waals surface area (Å²) in [5.74, 6) is -3.04. The largest absolute Gasteiger partial charge is 0.336 e. The van der Waals surface area contributed by atoms with Gasteiger partial charge in [-0.2, -0.15) is 0 Å². The number of rotatable bonds is 2. The zero-order chi connectivity index (χ0) is 15.8. The van der Waals surface area contributed by atoms with Crippen LogP contribution in [0.1, 0.15) is 36.5 Å². The number of benzene rings is 1. The maximum absolute atomic E-state index is 14.2. The Morgan fingerprint density at radius 3 is 2.57 bits per heavy atom. The first-order valence-corrected chi connectivity index (χ1v) is 8.09. The van der Waals surface area contributed by atoms with Crippen LogP contribution in [-0.2, 0) is 10.0 Å². The Bertz CT molecular complexity index is 676. The number of nitrogens with two attached hydrogens (primary N) is 1. The van der Waals surface area contributed by atoms with E-state index in [1.807, 2.05) is 6.92 Å². The Hall–Kier alpha value is -1.54. The molecular formula is C13H16F2N2O3S. The lowest BCUT2D eigenvalue weighted by molar-refractivity contribution is 0.0629. The molecule has 1 aliphatic heterocycles. The highest BCUT2D eigenvalue weighted by Gasteiger charge is 2.29. The maximum atomic E-state index is 14.2. The summed E-state index contributed by atoms with van der Waals surface area (Å²) in [5.41, 5.74) is -0.604. The van der Waals surface area contributed by atoms with Crippen LogP contribution in [0.2, 0.25) is 0 Å². The van der Waals surface area contributed by atoms with Crippen molar-refractivity contribution in [2.75, 3.05) is 6.54 Å². The number of hydrogen-bond acceptors (Lipinski definition) is 3. The molecule has 1 aromatic rings. The van der Waals surface area contributed by atoms with Gasteiger partial charge in [0.05, 0.1) is 5.56 Å². The summed E-state index contributed by atoms with van der Waals surface area (Å²) in [6, 6.07) is 1.07. The molecule has 1 saturated heterocycles. The topological polar surface area (TPSA) is 80.5 Å². The minimum atomic E-state index is -4.44. The SMILES string of the molecule is CC1CCCCN1C(=O)c1cc(F)cc(S(N)(=O)=O)c1F. The van der Waals surface area contributed by atoms with Crippen LogP contribution in [0, 0.1) is 11.6 Å². The minimum Gasteiger partial charge on any atom is -0.336 e. The number of amides is 1. The predicted molar refractivity (Wildman–Crippen MR) is 72.1 cm³/mol. The number of primary sulfonamides is 1. The first-order chi connectivity index (χ1) is 9.71. The van der Waals surface area contributed by atoms with Crippen LogP contribution in [0.5, 0.6) is 0 Å². The second kappa shape index (κ2) is 5.69. The highest BCUT2D eigenvalue weighted by molar-refractivity contribution is 7.89. The molecule has 1 aromatic carbocycles. The van der Waals surface area contributed by atoms with Gasteiger partial charge < -0.3 is 4.90 Å². The van der Waals surface area contributed by atoms with Gasteiger partial charge in [-0.25, -0.2) is 22.3 Å². The fourth-order valence-corrected chi connectivity index (χ4v) is 3.12. The monoisotopic (exact) mass is 318 g/mol. The van der Waals surface area contributed by atoms with Crippen molar-refractivity contribution in [3.05, 3.63) is 29.3 Å². The smallest absolute Gasteiger partial charge is 0.257 e. The van der Waals surface area contributed by atoms with Crippen molar-refractivity contribution in [3.63, 3.8) is 0 Å². The molecule has 0 radical (unpaired) electrons. The lowest BCUT2D eigenvalue weighted by Crippen LogP contribution is -2.42. The van der Waals surface area contributed by atoms with Crippen molar-refractivity contribution in [1.29, 1.82) is 0 Å². The van der Waals surface area contributed by atoms with E-state index >= 15 is 0 Å². The minimum absolute atomic E-state index is 0.105. The Morgan fingerprint density at radius 2 is 2.00 bits per heavy atom. The molecule has 2 N–H and O–H groups in total. The third kappa shape index (κ3) is 3.21. The Morgan fingerprint density at radius 1 is 1.33 bits per heavy atom. The van der Waals surface area contributed by atoms with E-state index < -0.39 is 38.0 Å². The van der Waals surface area contributed by atoms with Gasteiger partial charge >= 0.3 is 0 Å². The van der Waals surface area contributed by atoms with E-state index in [9.17, 15) is 22.0 Å². The van der Waals surface area contributed by atoms with Crippen LogP contribution >= 0.6 is 0 Å². The van der Waals surface area contributed by atoms with Gasteiger partial charge in [-0.05, 0) is 38.3 Å². The molecule has 0 bridgehead atoms. The predicted octanol–water partition coefficient (Wildman–Crippen LogP) is 1.63. The second-order valence-electron chi connectivity index (χ2n) is 5.15. The molecule has 0 saturated carbocycles. The van der Waals surface area contributed by atoms with Crippen LogP contribution < -0.4 is 5.14 Å². The molecule has 2 rings (SSSR count). The molecule has 0 spiro atoms. The van der Waals surface area contributed by atoms with E-state index in [1.54, 1.807) is 0 Å². The van der Waals surface area contributed by atoms with Crippen molar-refractivity contribution in [1.82, 2.24) is 4.90 Å². The zero-order valence-corrected chi connectivity index (χ0v) is 12.3. The van der Waals surface area contributed by atoms with Gasteiger partial charge in [0.1, 0.15) is 10.7 Å².